The largest absolute Gasteiger partial charge is 0.508 e. The standard InChI is InChI=1S/C25H23N5O3S/c1-16-6-10-19(11-7-16)26-23(32)29-30(24(33)27-20-12-8-17(2)9-13-20)25-28-22(15-34-25)18-4-3-5-21(31)14-18/h3-15,31H,1-2H3,(H,27,33)(H2,26,29,32). The third kappa shape index (κ3) is 5.70. The summed E-state index contributed by atoms with van der Waals surface area (Å²) in [5, 5.41) is 18.3. The van der Waals surface area contributed by atoms with Gasteiger partial charge >= 0.3 is 12.1 Å². The number of aromatic nitrogens is 1. The number of thiazole rings is 1. The minimum atomic E-state index is -0.600. The lowest BCUT2D eigenvalue weighted by Gasteiger charge is -2.21. The van der Waals surface area contributed by atoms with E-state index in [1.807, 2.05) is 38.1 Å². The number of hydrogen-bond donors (Lipinski definition) is 4. The SMILES string of the molecule is Cc1ccc(NC(=O)NN(C(=O)Nc2ccc(C)cc2)c2nc(-c3cccc(O)c3)cs2)cc1. The number of amides is 4. The number of nitrogens with one attached hydrogen (secondary N) is 3. The molecule has 4 amide bonds. The van der Waals surface area contributed by atoms with Crippen molar-refractivity contribution in [1.29, 1.82) is 0 Å². The molecule has 0 unspecified atom stereocenters. The molecule has 1 heterocycles. The highest BCUT2D eigenvalue weighted by Crippen LogP contribution is 2.29. The maximum atomic E-state index is 13.1. The average molecular weight is 474 g/mol. The molecule has 4 N–H and O–H groups in total. The van der Waals surface area contributed by atoms with E-state index in [2.05, 4.69) is 21.0 Å². The molecule has 8 nitrogen and oxygen atoms in total. The Morgan fingerprint density at radius 1 is 0.882 bits per heavy atom. The zero-order valence-electron chi connectivity index (χ0n) is 18.6. The first-order chi connectivity index (χ1) is 16.4. The lowest BCUT2D eigenvalue weighted by atomic mass is 10.2. The van der Waals surface area contributed by atoms with Crippen molar-refractivity contribution in [3.05, 3.63) is 89.3 Å². The summed E-state index contributed by atoms with van der Waals surface area (Å²) in [6, 6.07) is 20.1. The first-order valence-corrected chi connectivity index (χ1v) is 11.3. The maximum Gasteiger partial charge on any atom is 0.347 e. The van der Waals surface area contributed by atoms with Crippen LogP contribution in [0.2, 0.25) is 0 Å². The highest BCUT2D eigenvalue weighted by atomic mass is 32.1. The first-order valence-electron chi connectivity index (χ1n) is 10.4. The fourth-order valence-corrected chi connectivity index (χ4v) is 3.85. The molecule has 0 atom stereocenters. The summed E-state index contributed by atoms with van der Waals surface area (Å²) in [6.45, 7) is 3.90. The van der Waals surface area contributed by atoms with Crippen LogP contribution in [0.5, 0.6) is 5.75 Å². The molecule has 0 bridgehead atoms. The van der Waals surface area contributed by atoms with Gasteiger partial charge in [-0.2, -0.15) is 5.01 Å². The molecule has 0 spiro atoms. The predicted molar refractivity (Wildman–Crippen MR) is 135 cm³/mol. The smallest absolute Gasteiger partial charge is 0.347 e. The Kier molecular flexibility index (Phi) is 6.74. The summed E-state index contributed by atoms with van der Waals surface area (Å²) in [7, 11) is 0. The molecule has 4 aromatic rings. The minimum Gasteiger partial charge on any atom is -0.508 e. The molecule has 0 aliphatic carbocycles. The lowest BCUT2D eigenvalue weighted by Crippen LogP contribution is -2.50. The lowest BCUT2D eigenvalue weighted by molar-refractivity contribution is 0.243. The summed E-state index contributed by atoms with van der Waals surface area (Å²) in [6.07, 6.45) is 0. The van der Waals surface area contributed by atoms with E-state index in [-0.39, 0.29) is 10.9 Å². The van der Waals surface area contributed by atoms with E-state index in [1.165, 1.54) is 11.3 Å². The van der Waals surface area contributed by atoms with Crippen LogP contribution >= 0.6 is 11.3 Å². The van der Waals surface area contributed by atoms with Gasteiger partial charge in [-0.25, -0.2) is 20.0 Å². The van der Waals surface area contributed by atoms with Crippen LogP contribution in [0.15, 0.2) is 78.2 Å². The highest BCUT2D eigenvalue weighted by molar-refractivity contribution is 7.14. The number of carbonyl (C=O) groups is 2. The Morgan fingerprint density at radius 2 is 1.50 bits per heavy atom. The average Bonchev–Trinajstić information content (AvgIpc) is 3.30. The minimum absolute atomic E-state index is 0.108. The molecule has 0 saturated heterocycles. The van der Waals surface area contributed by atoms with Crippen molar-refractivity contribution in [2.24, 2.45) is 0 Å². The van der Waals surface area contributed by atoms with Gasteiger partial charge in [0.05, 0.1) is 5.69 Å². The van der Waals surface area contributed by atoms with Crippen molar-refractivity contribution in [1.82, 2.24) is 10.4 Å². The van der Waals surface area contributed by atoms with Crippen molar-refractivity contribution in [2.45, 2.75) is 13.8 Å². The number of anilines is 3. The monoisotopic (exact) mass is 473 g/mol. The number of aryl methyl sites for hydroxylation is 2. The third-order valence-corrected chi connectivity index (χ3v) is 5.68. The van der Waals surface area contributed by atoms with Crippen molar-refractivity contribution in [3.63, 3.8) is 0 Å². The second-order valence-corrected chi connectivity index (χ2v) is 8.47. The summed E-state index contributed by atoms with van der Waals surface area (Å²) in [5.74, 6) is 0.108. The van der Waals surface area contributed by atoms with Crippen LogP contribution < -0.4 is 21.1 Å². The number of hydrazine groups is 1. The zero-order valence-corrected chi connectivity index (χ0v) is 19.4. The van der Waals surface area contributed by atoms with Gasteiger partial charge in [-0.15, -0.1) is 11.3 Å². The van der Waals surface area contributed by atoms with Crippen LogP contribution in [-0.4, -0.2) is 22.2 Å². The molecule has 172 valence electrons. The quantitative estimate of drug-likeness (QED) is 0.277. The number of carbonyl (C=O) groups excluding carboxylic acids is 2. The molecular weight excluding hydrogens is 450 g/mol. The number of phenols is 1. The van der Waals surface area contributed by atoms with E-state index in [9.17, 15) is 14.7 Å². The maximum absolute atomic E-state index is 13.1. The van der Waals surface area contributed by atoms with Gasteiger partial charge in [0.25, 0.3) is 0 Å². The molecule has 0 aliphatic rings. The summed E-state index contributed by atoms with van der Waals surface area (Å²) in [4.78, 5) is 30.3. The van der Waals surface area contributed by atoms with E-state index < -0.39 is 12.1 Å². The van der Waals surface area contributed by atoms with Crippen molar-refractivity contribution >= 4 is 39.9 Å². The van der Waals surface area contributed by atoms with Crippen LogP contribution in [0, 0.1) is 13.8 Å². The molecule has 0 aliphatic heterocycles. The molecule has 34 heavy (non-hydrogen) atoms. The topological polar surface area (TPSA) is 107 Å². The van der Waals surface area contributed by atoms with Gasteiger partial charge in [0.2, 0.25) is 5.13 Å². The van der Waals surface area contributed by atoms with Crippen molar-refractivity contribution < 1.29 is 14.7 Å². The van der Waals surface area contributed by atoms with Gasteiger partial charge in [0.15, 0.2) is 0 Å². The summed E-state index contributed by atoms with van der Waals surface area (Å²) in [5.41, 5.74) is 7.10. The Balaban J connectivity index is 1.58. The highest BCUT2D eigenvalue weighted by Gasteiger charge is 2.22. The number of rotatable bonds is 4. The van der Waals surface area contributed by atoms with Crippen LogP contribution in [0.1, 0.15) is 11.1 Å². The number of hydrogen-bond acceptors (Lipinski definition) is 5. The van der Waals surface area contributed by atoms with E-state index in [0.717, 1.165) is 16.1 Å². The third-order valence-electron chi connectivity index (χ3n) is 4.85. The first kappa shape index (κ1) is 22.8. The number of phenolic OH excluding ortho intramolecular Hbond substituents is 1. The normalized spacial score (nSPS) is 10.4. The van der Waals surface area contributed by atoms with Gasteiger partial charge in [0.1, 0.15) is 5.75 Å². The fraction of sp³-hybridized carbons (Fsp3) is 0.0800. The van der Waals surface area contributed by atoms with Crippen LogP contribution in [0.4, 0.5) is 26.1 Å². The van der Waals surface area contributed by atoms with Gasteiger partial charge in [-0.3, -0.25) is 0 Å². The molecule has 0 saturated carbocycles. The summed E-state index contributed by atoms with van der Waals surface area (Å²) >= 11 is 1.18. The molecule has 0 radical (unpaired) electrons. The number of benzene rings is 3. The number of urea groups is 2. The molecule has 3 aromatic carbocycles. The van der Waals surface area contributed by atoms with E-state index in [4.69, 9.17) is 0 Å². The van der Waals surface area contributed by atoms with Crippen LogP contribution in [0.25, 0.3) is 11.3 Å². The van der Waals surface area contributed by atoms with E-state index in [0.29, 0.717) is 22.6 Å². The molecular formula is C25H23N5O3S. The Bertz CT molecular complexity index is 1300. The summed E-state index contributed by atoms with van der Waals surface area (Å²) < 4.78 is 0. The number of aromatic hydroxyl groups is 1. The van der Waals surface area contributed by atoms with Crippen molar-refractivity contribution in [3.8, 4) is 17.0 Å². The fourth-order valence-electron chi connectivity index (χ4n) is 3.06. The second-order valence-electron chi connectivity index (χ2n) is 7.63. The van der Waals surface area contributed by atoms with Crippen LogP contribution in [-0.2, 0) is 0 Å². The van der Waals surface area contributed by atoms with Gasteiger partial charge in [0, 0.05) is 22.3 Å². The van der Waals surface area contributed by atoms with Gasteiger partial charge in [-0.05, 0) is 50.2 Å². The van der Waals surface area contributed by atoms with Crippen LogP contribution in [0.3, 0.4) is 0 Å². The molecule has 4 rings (SSSR count). The molecule has 9 heteroatoms. The Morgan fingerprint density at radius 3 is 2.12 bits per heavy atom. The zero-order chi connectivity index (χ0) is 24.1. The second kappa shape index (κ2) is 10.1. The number of nitrogens with zero attached hydrogens (tertiary/aromatic N) is 2. The van der Waals surface area contributed by atoms with Crippen molar-refractivity contribution in [2.75, 3.05) is 15.6 Å². The van der Waals surface area contributed by atoms with Gasteiger partial charge in [-0.1, -0.05) is 47.5 Å². The van der Waals surface area contributed by atoms with E-state index >= 15 is 0 Å². The Labute approximate surface area is 200 Å². The van der Waals surface area contributed by atoms with Gasteiger partial charge < -0.3 is 15.7 Å². The Hall–Kier alpha value is -4.37. The molecule has 0 fully saturated rings. The van der Waals surface area contributed by atoms with E-state index in [1.54, 1.807) is 53.9 Å². The predicted octanol–water partition coefficient (Wildman–Crippen LogP) is 5.91. The molecule has 1 aromatic heterocycles.